The Labute approximate surface area is 153 Å². The van der Waals surface area contributed by atoms with Gasteiger partial charge in [0.15, 0.2) is 11.2 Å². The number of aryl methyl sites for hydroxylation is 1. The van der Waals surface area contributed by atoms with Gasteiger partial charge in [-0.2, -0.15) is 0 Å². The quantitative estimate of drug-likeness (QED) is 0.548. The van der Waals surface area contributed by atoms with Crippen molar-refractivity contribution in [2.45, 2.75) is 0 Å². The molecule has 0 atom stereocenters. The Morgan fingerprint density at radius 2 is 1.54 bits per heavy atom. The monoisotopic (exact) mass is 366 g/mol. The Bertz CT molecular complexity index is 1240. The first-order valence-corrected chi connectivity index (χ1v) is 8.36. The topological polar surface area (TPSA) is 61.8 Å². The van der Waals surface area contributed by atoms with Crippen molar-refractivity contribution in [3.05, 3.63) is 80.5 Å². The summed E-state index contributed by atoms with van der Waals surface area (Å²) in [5.74, 6) is 0.584. The fourth-order valence-electron chi connectivity index (χ4n) is 3.02. The van der Waals surface area contributed by atoms with E-state index in [2.05, 4.69) is 4.98 Å². The van der Waals surface area contributed by atoms with Crippen LogP contribution < -0.4 is 11.2 Å². The summed E-state index contributed by atoms with van der Waals surface area (Å²) in [6.45, 7) is 0. The van der Waals surface area contributed by atoms with Gasteiger partial charge in [0.2, 0.25) is 0 Å². The van der Waals surface area contributed by atoms with E-state index in [1.54, 1.807) is 23.7 Å². The zero-order chi connectivity index (χ0) is 18.4. The maximum atomic E-state index is 12.9. The van der Waals surface area contributed by atoms with Gasteiger partial charge in [0.1, 0.15) is 5.82 Å². The van der Waals surface area contributed by atoms with E-state index in [9.17, 15) is 9.59 Å². The van der Waals surface area contributed by atoms with Crippen molar-refractivity contribution in [1.82, 2.24) is 18.7 Å². The third-order valence-electron chi connectivity index (χ3n) is 4.37. The van der Waals surface area contributed by atoms with Gasteiger partial charge in [0, 0.05) is 30.4 Å². The second-order valence-electron chi connectivity index (χ2n) is 5.99. The van der Waals surface area contributed by atoms with Crippen molar-refractivity contribution in [2.75, 3.05) is 0 Å². The van der Waals surface area contributed by atoms with Gasteiger partial charge in [-0.05, 0) is 24.3 Å². The minimum absolute atomic E-state index is 0.340. The van der Waals surface area contributed by atoms with Gasteiger partial charge in [-0.3, -0.25) is 18.5 Å². The number of benzene rings is 2. The van der Waals surface area contributed by atoms with Gasteiger partial charge in [-0.25, -0.2) is 9.78 Å². The smallest absolute Gasteiger partial charge is 0.286 e. The van der Waals surface area contributed by atoms with Crippen LogP contribution in [0.5, 0.6) is 0 Å². The molecule has 0 amide bonds. The van der Waals surface area contributed by atoms with Crippen LogP contribution in [0.15, 0.2) is 64.2 Å². The molecule has 2 aromatic heterocycles. The fourth-order valence-corrected chi connectivity index (χ4v) is 3.14. The molecule has 2 aromatic carbocycles. The molecule has 0 saturated heterocycles. The standard InChI is InChI=1S/C19H15ClN4O2/c1-22-17-15(18(25)23(2)19(22)26)24(14-10-8-13(20)9-11-14)16(21-17)12-6-4-3-5-7-12/h3-11H,1-2H3. The van der Waals surface area contributed by atoms with Crippen molar-refractivity contribution in [2.24, 2.45) is 14.1 Å². The Kier molecular flexibility index (Phi) is 3.77. The van der Waals surface area contributed by atoms with Gasteiger partial charge < -0.3 is 0 Å². The number of rotatable bonds is 2. The molecule has 4 rings (SSSR count). The molecule has 0 bridgehead atoms. The lowest BCUT2D eigenvalue weighted by molar-refractivity contribution is 0.707. The van der Waals surface area contributed by atoms with E-state index in [0.29, 0.717) is 22.0 Å². The molecule has 0 aliphatic rings. The lowest BCUT2D eigenvalue weighted by atomic mass is 10.2. The molecular weight excluding hydrogens is 352 g/mol. The highest BCUT2D eigenvalue weighted by Crippen LogP contribution is 2.27. The maximum Gasteiger partial charge on any atom is 0.332 e. The van der Waals surface area contributed by atoms with E-state index in [0.717, 1.165) is 15.8 Å². The SMILES string of the molecule is Cn1c(=O)c2c(nc(-c3ccccc3)n2-c2ccc(Cl)cc2)n(C)c1=O. The number of imidazole rings is 1. The van der Waals surface area contributed by atoms with E-state index in [-0.39, 0.29) is 0 Å². The number of fused-ring (bicyclic) bond motifs is 1. The molecule has 130 valence electrons. The van der Waals surface area contributed by atoms with Crippen LogP contribution in [-0.2, 0) is 14.1 Å². The first-order chi connectivity index (χ1) is 12.5. The molecule has 6 nitrogen and oxygen atoms in total. The number of hydrogen-bond acceptors (Lipinski definition) is 3. The van der Waals surface area contributed by atoms with Crippen LogP contribution in [0.4, 0.5) is 0 Å². The molecule has 0 unspecified atom stereocenters. The summed E-state index contributed by atoms with van der Waals surface area (Å²) >= 11 is 6.01. The minimum atomic E-state index is -0.414. The van der Waals surface area contributed by atoms with E-state index >= 15 is 0 Å². The van der Waals surface area contributed by atoms with Crippen molar-refractivity contribution in [3.63, 3.8) is 0 Å². The lowest BCUT2D eigenvalue weighted by Gasteiger charge is -2.10. The highest BCUT2D eigenvalue weighted by molar-refractivity contribution is 6.30. The molecule has 0 N–H and O–H groups in total. The van der Waals surface area contributed by atoms with Crippen molar-refractivity contribution in [3.8, 4) is 17.1 Å². The van der Waals surface area contributed by atoms with Crippen LogP contribution in [0.25, 0.3) is 28.2 Å². The zero-order valence-electron chi connectivity index (χ0n) is 14.2. The van der Waals surface area contributed by atoms with Crippen LogP contribution in [0.1, 0.15) is 0 Å². The molecule has 4 aromatic rings. The predicted octanol–water partition coefficient (Wildman–Crippen LogP) is 2.74. The Hall–Kier alpha value is -3.12. The summed E-state index contributed by atoms with van der Waals surface area (Å²) in [6.07, 6.45) is 0. The summed E-state index contributed by atoms with van der Waals surface area (Å²) in [4.78, 5) is 29.8. The lowest BCUT2D eigenvalue weighted by Crippen LogP contribution is -2.37. The highest BCUT2D eigenvalue weighted by Gasteiger charge is 2.21. The predicted molar refractivity (Wildman–Crippen MR) is 102 cm³/mol. The number of hydrogen-bond donors (Lipinski definition) is 0. The van der Waals surface area contributed by atoms with Crippen LogP contribution in [0.2, 0.25) is 5.02 Å². The fraction of sp³-hybridized carbons (Fsp3) is 0.105. The van der Waals surface area contributed by atoms with E-state index < -0.39 is 11.2 Å². The Morgan fingerprint density at radius 3 is 2.19 bits per heavy atom. The zero-order valence-corrected chi connectivity index (χ0v) is 14.9. The molecule has 0 spiro atoms. The van der Waals surface area contributed by atoms with Gasteiger partial charge in [-0.15, -0.1) is 0 Å². The Balaban J connectivity index is 2.21. The van der Waals surface area contributed by atoms with Gasteiger partial charge in [0.25, 0.3) is 5.56 Å². The molecule has 0 saturated carbocycles. The van der Waals surface area contributed by atoms with Gasteiger partial charge in [0.05, 0.1) is 0 Å². The van der Waals surface area contributed by atoms with Crippen LogP contribution in [0.3, 0.4) is 0 Å². The number of nitrogens with zero attached hydrogens (tertiary/aromatic N) is 4. The summed E-state index contributed by atoms with van der Waals surface area (Å²) in [5.41, 5.74) is 1.46. The van der Waals surface area contributed by atoms with Crippen LogP contribution in [0, 0.1) is 0 Å². The molecule has 0 radical (unpaired) electrons. The summed E-state index contributed by atoms with van der Waals surface area (Å²) in [5, 5.41) is 0.597. The first kappa shape index (κ1) is 16.4. The molecule has 26 heavy (non-hydrogen) atoms. The van der Waals surface area contributed by atoms with Gasteiger partial charge >= 0.3 is 5.69 Å². The Morgan fingerprint density at radius 1 is 0.885 bits per heavy atom. The molecule has 2 heterocycles. The maximum absolute atomic E-state index is 12.9. The third-order valence-corrected chi connectivity index (χ3v) is 4.63. The van der Waals surface area contributed by atoms with E-state index in [1.807, 2.05) is 42.5 Å². The molecule has 7 heteroatoms. The molecule has 0 aliphatic heterocycles. The summed E-state index contributed by atoms with van der Waals surface area (Å²) in [6, 6.07) is 16.7. The molecule has 0 aliphatic carbocycles. The molecule has 0 fully saturated rings. The largest absolute Gasteiger partial charge is 0.332 e. The first-order valence-electron chi connectivity index (χ1n) is 7.99. The van der Waals surface area contributed by atoms with Crippen molar-refractivity contribution >= 4 is 22.8 Å². The normalized spacial score (nSPS) is 11.2. The van der Waals surface area contributed by atoms with Crippen LogP contribution in [-0.4, -0.2) is 18.7 Å². The van der Waals surface area contributed by atoms with Crippen molar-refractivity contribution in [1.29, 1.82) is 0 Å². The number of aromatic nitrogens is 4. The van der Waals surface area contributed by atoms with Gasteiger partial charge in [-0.1, -0.05) is 41.9 Å². The summed E-state index contributed by atoms with van der Waals surface area (Å²) < 4.78 is 4.24. The second kappa shape index (κ2) is 6.00. The van der Waals surface area contributed by atoms with Crippen molar-refractivity contribution < 1.29 is 0 Å². The number of halogens is 1. The highest BCUT2D eigenvalue weighted by atomic mass is 35.5. The minimum Gasteiger partial charge on any atom is -0.286 e. The summed E-state index contributed by atoms with van der Waals surface area (Å²) in [7, 11) is 3.07. The molecular formula is C19H15ClN4O2. The van der Waals surface area contributed by atoms with E-state index in [4.69, 9.17) is 11.6 Å². The second-order valence-corrected chi connectivity index (χ2v) is 6.43. The van der Waals surface area contributed by atoms with Crippen LogP contribution >= 0.6 is 11.6 Å². The van der Waals surface area contributed by atoms with E-state index in [1.165, 1.54) is 11.6 Å². The average Bonchev–Trinajstić information content (AvgIpc) is 3.07. The average molecular weight is 367 g/mol. The third kappa shape index (κ3) is 2.38.